The van der Waals surface area contributed by atoms with Crippen LogP contribution in [0, 0.1) is 6.92 Å². The second-order valence-corrected chi connectivity index (χ2v) is 6.08. The minimum Gasteiger partial charge on any atom is -0.450 e. The van der Waals surface area contributed by atoms with Gasteiger partial charge >= 0.3 is 5.56 Å². The van der Waals surface area contributed by atoms with Crippen LogP contribution in [-0.4, -0.2) is 14.9 Å². The molecule has 3 rings (SSSR count). The van der Waals surface area contributed by atoms with Crippen molar-refractivity contribution in [1.29, 1.82) is 0 Å². The molecule has 0 spiro atoms. The molecule has 0 aliphatic rings. The fraction of sp³-hybridized carbons (Fsp3) is 0.158. The number of rotatable bonds is 5. The van der Waals surface area contributed by atoms with E-state index in [-0.39, 0.29) is 17.4 Å². The lowest BCUT2D eigenvalue weighted by Gasteiger charge is -2.10. The van der Waals surface area contributed by atoms with E-state index in [2.05, 4.69) is 5.10 Å². The number of aliphatic hydroxyl groups excluding tert-OH is 1. The van der Waals surface area contributed by atoms with Gasteiger partial charge in [-0.1, -0.05) is 53.6 Å². The first-order valence-electron chi connectivity index (χ1n) is 7.75. The summed E-state index contributed by atoms with van der Waals surface area (Å²) in [6, 6.07) is 14.6. The number of aromatic nitrogens is 2. The van der Waals surface area contributed by atoms with Crippen LogP contribution >= 0.6 is 11.6 Å². The van der Waals surface area contributed by atoms with E-state index in [0.29, 0.717) is 12.3 Å². The van der Waals surface area contributed by atoms with Gasteiger partial charge in [-0.15, -0.1) is 0 Å². The number of hydrogen-bond acceptors (Lipinski definition) is 4. The molecule has 25 heavy (non-hydrogen) atoms. The monoisotopic (exact) mass is 356 g/mol. The Kier molecular flexibility index (Phi) is 5.16. The van der Waals surface area contributed by atoms with E-state index in [1.54, 1.807) is 24.3 Å². The van der Waals surface area contributed by atoms with Crippen LogP contribution < -0.4 is 10.3 Å². The molecule has 3 aromatic rings. The summed E-state index contributed by atoms with van der Waals surface area (Å²) in [5.41, 5.74) is 2.43. The summed E-state index contributed by atoms with van der Waals surface area (Å²) in [7, 11) is 0. The highest BCUT2D eigenvalue weighted by Crippen LogP contribution is 2.25. The summed E-state index contributed by atoms with van der Waals surface area (Å²) in [6.07, 6.45) is 1.40. The van der Waals surface area contributed by atoms with Crippen LogP contribution in [0.3, 0.4) is 0 Å². The van der Waals surface area contributed by atoms with Crippen molar-refractivity contribution < 1.29 is 9.84 Å². The van der Waals surface area contributed by atoms with Crippen LogP contribution in [-0.2, 0) is 13.2 Å². The number of hydrogen-bond donors (Lipinski definition) is 1. The van der Waals surface area contributed by atoms with Gasteiger partial charge in [0.05, 0.1) is 19.3 Å². The second kappa shape index (κ2) is 7.51. The highest BCUT2D eigenvalue weighted by Gasteiger charge is 2.13. The minimum atomic E-state index is -0.403. The molecule has 0 unspecified atom stereocenters. The van der Waals surface area contributed by atoms with E-state index in [1.807, 2.05) is 31.2 Å². The van der Waals surface area contributed by atoms with Crippen LogP contribution in [0.1, 0.15) is 16.7 Å². The van der Waals surface area contributed by atoms with E-state index in [0.717, 1.165) is 16.7 Å². The molecule has 0 amide bonds. The molecule has 1 N–H and O–H groups in total. The standard InChI is InChI=1S/C19H17ClN2O3/c1-13-3-2-4-15(9-13)11-22-19(24)18(17(20)10-21-22)25-16-7-5-14(12-23)6-8-16/h2-10,23H,11-12H2,1H3. The zero-order chi connectivity index (χ0) is 17.8. The first-order valence-corrected chi connectivity index (χ1v) is 8.13. The summed E-state index contributed by atoms with van der Waals surface area (Å²) in [5, 5.41) is 13.3. The molecular formula is C19H17ClN2O3. The minimum absolute atomic E-state index is 0.0288. The molecule has 0 saturated heterocycles. The van der Waals surface area contributed by atoms with Gasteiger partial charge in [0.25, 0.3) is 0 Å². The highest BCUT2D eigenvalue weighted by molar-refractivity contribution is 6.31. The molecule has 128 valence electrons. The molecule has 0 fully saturated rings. The Morgan fingerprint density at radius 1 is 1.16 bits per heavy atom. The highest BCUT2D eigenvalue weighted by atomic mass is 35.5. The van der Waals surface area contributed by atoms with Crippen LogP contribution in [0.2, 0.25) is 5.02 Å². The van der Waals surface area contributed by atoms with Crippen LogP contribution in [0.4, 0.5) is 0 Å². The van der Waals surface area contributed by atoms with E-state index < -0.39 is 5.56 Å². The summed E-state index contributed by atoms with van der Waals surface area (Å²) >= 11 is 6.10. The fourth-order valence-electron chi connectivity index (χ4n) is 2.42. The van der Waals surface area contributed by atoms with Crippen molar-refractivity contribution in [3.05, 3.63) is 86.8 Å². The third-order valence-electron chi connectivity index (χ3n) is 3.70. The van der Waals surface area contributed by atoms with Gasteiger partial charge in [0.15, 0.2) is 0 Å². The summed E-state index contributed by atoms with van der Waals surface area (Å²) in [6.45, 7) is 2.27. The first-order chi connectivity index (χ1) is 12.1. The van der Waals surface area contributed by atoms with Gasteiger partial charge in [-0.3, -0.25) is 4.79 Å². The molecule has 0 bridgehead atoms. The van der Waals surface area contributed by atoms with Crippen molar-refractivity contribution in [2.75, 3.05) is 0 Å². The van der Waals surface area contributed by atoms with Gasteiger partial charge < -0.3 is 9.84 Å². The SMILES string of the molecule is Cc1cccc(Cn2ncc(Cl)c(Oc3ccc(CO)cc3)c2=O)c1. The van der Waals surface area contributed by atoms with Crippen molar-refractivity contribution in [1.82, 2.24) is 9.78 Å². The van der Waals surface area contributed by atoms with E-state index >= 15 is 0 Å². The van der Waals surface area contributed by atoms with Gasteiger partial charge in [-0.25, -0.2) is 4.68 Å². The third-order valence-corrected chi connectivity index (χ3v) is 3.97. The van der Waals surface area contributed by atoms with Gasteiger partial charge in [0.2, 0.25) is 5.75 Å². The third kappa shape index (κ3) is 4.07. The predicted octanol–water partition coefficient (Wildman–Crippen LogP) is 3.54. The Bertz CT molecular complexity index is 936. The molecule has 0 aliphatic heterocycles. The average molecular weight is 357 g/mol. The largest absolute Gasteiger partial charge is 0.450 e. The molecule has 0 radical (unpaired) electrons. The smallest absolute Gasteiger partial charge is 0.311 e. The average Bonchev–Trinajstić information content (AvgIpc) is 2.62. The van der Waals surface area contributed by atoms with Crippen molar-refractivity contribution in [2.24, 2.45) is 0 Å². The predicted molar refractivity (Wildman–Crippen MR) is 96.2 cm³/mol. The lowest BCUT2D eigenvalue weighted by Crippen LogP contribution is -2.24. The van der Waals surface area contributed by atoms with Crippen molar-refractivity contribution in [2.45, 2.75) is 20.1 Å². The fourth-order valence-corrected chi connectivity index (χ4v) is 2.58. The maximum atomic E-state index is 12.7. The topological polar surface area (TPSA) is 64.3 Å². The molecule has 0 saturated carbocycles. The number of ether oxygens (including phenoxy) is 1. The molecule has 2 aromatic carbocycles. The van der Waals surface area contributed by atoms with Crippen LogP contribution in [0.25, 0.3) is 0 Å². The Morgan fingerprint density at radius 3 is 2.60 bits per heavy atom. The van der Waals surface area contributed by atoms with Crippen LogP contribution in [0.15, 0.2) is 59.5 Å². The molecule has 0 aliphatic carbocycles. The second-order valence-electron chi connectivity index (χ2n) is 5.68. The zero-order valence-corrected chi connectivity index (χ0v) is 14.4. The van der Waals surface area contributed by atoms with Gasteiger partial charge in [-0.2, -0.15) is 5.10 Å². The first kappa shape index (κ1) is 17.2. The maximum Gasteiger partial charge on any atom is 0.311 e. The summed E-state index contributed by atoms with van der Waals surface area (Å²) in [5.74, 6) is 0.491. The molecule has 5 nitrogen and oxygen atoms in total. The Hall–Kier alpha value is -2.63. The van der Waals surface area contributed by atoms with Crippen molar-refractivity contribution in [3.8, 4) is 11.5 Å². The normalized spacial score (nSPS) is 10.7. The summed E-state index contributed by atoms with van der Waals surface area (Å²) in [4.78, 5) is 12.7. The quantitative estimate of drug-likeness (QED) is 0.759. The number of aryl methyl sites for hydroxylation is 1. The maximum absolute atomic E-state index is 12.7. The molecule has 1 aromatic heterocycles. The number of halogens is 1. The number of benzene rings is 2. The van der Waals surface area contributed by atoms with Gasteiger partial charge in [-0.05, 0) is 30.2 Å². The van der Waals surface area contributed by atoms with Crippen molar-refractivity contribution in [3.63, 3.8) is 0 Å². The number of aliphatic hydroxyl groups is 1. The molecule has 1 heterocycles. The summed E-state index contributed by atoms with van der Waals surface area (Å²) < 4.78 is 6.97. The van der Waals surface area contributed by atoms with Crippen LogP contribution in [0.5, 0.6) is 11.5 Å². The Labute approximate surface area is 150 Å². The lowest BCUT2D eigenvalue weighted by molar-refractivity contribution is 0.281. The lowest BCUT2D eigenvalue weighted by atomic mass is 10.1. The Morgan fingerprint density at radius 2 is 1.92 bits per heavy atom. The van der Waals surface area contributed by atoms with Gasteiger partial charge in [0, 0.05) is 0 Å². The Balaban J connectivity index is 1.90. The zero-order valence-electron chi connectivity index (χ0n) is 13.6. The molecule has 0 atom stereocenters. The molecular weight excluding hydrogens is 340 g/mol. The van der Waals surface area contributed by atoms with E-state index in [4.69, 9.17) is 21.4 Å². The van der Waals surface area contributed by atoms with Crippen molar-refractivity contribution >= 4 is 11.6 Å². The number of nitrogens with zero attached hydrogens (tertiary/aromatic N) is 2. The van der Waals surface area contributed by atoms with E-state index in [9.17, 15) is 4.79 Å². The molecule has 6 heteroatoms. The van der Waals surface area contributed by atoms with Gasteiger partial charge in [0.1, 0.15) is 10.8 Å². The van der Waals surface area contributed by atoms with E-state index in [1.165, 1.54) is 10.9 Å².